The highest BCUT2D eigenvalue weighted by molar-refractivity contribution is 7.80. The van der Waals surface area contributed by atoms with Crippen LogP contribution < -0.4 is 5.32 Å². The molecule has 0 spiro atoms. The first-order valence-electron chi connectivity index (χ1n) is 6.78. The molecule has 1 N–H and O–H groups in total. The summed E-state index contributed by atoms with van der Waals surface area (Å²) >= 11 is 5.54. The second-order valence-corrected chi connectivity index (χ2v) is 5.57. The number of nitrogens with one attached hydrogen (secondary N) is 1. The summed E-state index contributed by atoms with van der Waals surface area (Å²) < 4.78 is 0. The van der Waals surface area contributed by atoms with E-state index in [0.717, 1.165) is 11.7 Å². The van der Waals surface area contributed by atoms with E-state index in [-0.39, 0.29) is 0 Å². The summed E-state index contributed by atoms with van der Waals surface area (Å²) in [6.45, 7) is 5.36. The maximum absolute atomic E-state index is 5.54. The van der Waals surface area contributed by atoms with Gasteiger partial charge in [0.25, 0.3) is 0 Å². The third-order valence-electron chi connectivity index (χ3n) is 3.71. The number of nitrogens with zero attached hydrogens (tertiary/aromatic N) is 1. The van der Waals surface area contributed by atoms with E-state index in [1.54, 1.807) is 0 Å². The molecular formula is C15H22N2S. The molecule has 18 heavy (non-hydrogen) atoms. The minimum atomic E-state index is 0.560. The van der Waals surface area contributed by atoms with Crippen LogP contribution in [0.1, 0.15) is 38.7 Å². The Morgan fingerprint density at radius 3 is 2.44 bits per heavy atom. The van der Waals surface area contributed by atoms with Crippen molar-refractivity contribution in [1.29, 1.82) is 0 Å². The van der Waals surface area contributed by atoms with Crippen LogP contribution in [0.5, 0.6) is 0 Å². The van der Waals surface area contributed by atoms with E-state index in [1.165, 1.54) is 24.8 Å². The van der Waals surface area contributed by atoms with E-state index in [4.69, 9.17) is 12.2 Å². The zero-order valence-electron chi connectivity index (χ0n) is 11.2. The van der Waals surface area contributed by atoms with Crippen LogP contribution in [-0.4, -0.2) is 22.1 Å². The largest absolute Gasteiger partial charge is 0.358 e. The van der Waals surface area contributed by atoms with E-state index < -0.39 is 0 Å². The number of rotatable bonds is 2. The average molecular weight is 262 g/mol. The van der Waals surface area contributed by atoms with Gasteiger partial charge in [-0.05, 0) is 50.9 Å². The highest BCUT2D eigenvalue weighted by Crippen LogP contribution is 2.22. The second-order valence-electron chi connectivity index (χ2n) is 5.18. The quantitative estimate of drug-likeness (QED) is 0.823. The molecule has 0 aliphatic carbocycles. The van der Waals surface area contributed by atoms with Gasteiger partial charge >= 0.3 is 0 Å². The number of benzene rings is 1. The van der Waals surface area contributed by atoms with Crippen molar-refractivity contribution in [3.8, 4) is 0 Å². The molecule has 2 atom stereocenters. The second kappa shape index (κ2) is 6.19. The maximum Gasteiger partial charge on any atom is 0.169 e. The molecule has 0 amide bonds. The first-order valence-corrected chi connectivity index (χ1v) is 7.19. The summed E-state index contributed by atoms with van der Waals surface area (Å²) in [6.07, 6.45) is 3.81. The Labute approximate surface area is 115 Å². The maximum atomic E-state index is 5.54. The molecule has 0 saturated carbocycles. The molecule has 1 aliphatic heterocycles. The number of hydrogen-bond acceptors (Lipinski definition) is 1. The molecule has 0 bridgehead atoms. The predicted octanol–water partition coefficient (Wildman–Crippen LogP) is 3.32. The molecule has 1 fully saturated rings. The van der Waals surface area contributed by atoms with Gasteiger partial charge in [0.15, 0.2) is 5.11 Å². The van der Waals surface area contributed by atoms with Crippen LogP contribution in [0.2, 0.25) is 0 Å². The van der Waals surface area contributed by atoms with Crippen LogP contribution in [0.4, 0.5) is 0 Å². The van der Waals surface area contributed by atoms with Gasteiger partial charge in [-0.15, -0.1) is 0 Å². The van der Waals surface area contributed by atoms with E-state index >= 15 is 0 Å². The summed E-state index contributed by atoms with van der Waals surface area (Å²) in [5, 5.41) is 4.29. The van der Waals surface area contributed by atoms with Gasteiger partial charge in [0.1, 0.15) is 0 Å². The van der Waals surface area contributed by atoms with Gasteiger partial charge in [0, 0.05) is 18.6 Å². The molecule has 2 unspecified atom stereocenters. The van der Waals surface area contributed by atoms with Crippen molar-refractivity contribution in [2.45, 2.75) is 51.7 Å². The van der Waals surface area contributed by atoms with Gasteiger partial charge < -0.3 is 10.2 Å². The highest BCUT2D eigenvalue weighted by Gasteiger charge is 2.26. The zero-order valence-corrected chi connectivity index (χ0v) is 12.0. The molecular weight excluding hydrogens is 240 g/mol. The van der Waals surface area contributed by atoms with Crippen LogP contribution in [0.3, 0.4) is 0 Å². The van der Waals surface area contributed by atoms with Gasteiger partial charge in [-0.1, -0.05) is 30.3 Å². The summed E-state index contributed by atoms with van der Waals surface area (Å²) in [5.74, 6) is 0. The average Bonchev–Trinajstić information content (AvgIpc) is 2.37. The van der Waals surface area contributed by atoms with Gasteiger partial charge in [0.05, 0.1) is 0 Å². The molecule has 0 radical (unpaired) electrons. The standard InChI is InChI=1S/C15H22N2S/c1-12-7-6-8-13(2)17(12)15(18)16-11-14-9-4-3-5-10-14/h3-5,9-10,12-13H,6-8,11H2,1-2H3,(H,16,18). The lowest BCUT2D eigenvalue weighted by atomic mass is 9.98. The van der Waals surface area contributed by atoms with Gasteiger partial charge in [-0.3, -0.25) is 0 Å². The lowest BCUT2D eigenvalue weighted by Gasteiger charge is -2.41. The topological polar surface area (TPSA) is 15.3 Å². The van der Waals surface area contributed by atoms with E-state index in [9.17, 15) is 0 Å². The van der Waals surface area contributed by atoms with Gasteiger partial charge in [0.2, 0.25) is 0 Å². The SMILES string of the molecule is CC1CCCC(C)N1C(=S)NCc1ccccc1. The van der Waals surface area contributed by atoms with E-state index in [0.29, 0.717) is 12.1 Å². The van der Waals surface area contributed by atoms with E-state index in [1.807, 2.05) is 6.07 Å². The van der Waals surface area contributed by atoms with Crippen LogP contribution in [0.15, 0.2) is 30.3 Å². The Kier molecular flexibility index (Phi) is 4.59. The lowest BCUT2D eigenvalue weighted by molar-refractivity contribution is 0.189. The fraction of sp³-hybridized carbons (Fsp3) is 0.533. The molecule has 1 aromatic carbocycles. The molecule has 0 aromatic heterocycles. The third kappa shape index (κ3) is 3.22. The minimum Gasteiger partial charge on any atom is -0.358 e. The van der Waals surface area contributed by atoms with Crippen molar-refractivity contribution < 1.29 is 0 Å². The first-order chi connectivity index (χ1) is 8.68. The molecule has 2 nitrogen and oxygen atoms in total. The Hall–Kier alpha value is -1.09. The van der Waals surface area contributed by atoms with Crippen molar-refractivity contribution in [2.24, 2.45) is 0 Å². The molecule has 98 valence electrons. The summed E-state index contributed by atoms with van der Waals surface area (Å²) in [7, 11) is 0. The van der Waals surface area contributed by atoms with Crippen LogP contribution >= 0.6 is 12.2 Å². The fourth-order valence-electron chi connectivity index (χ4n) is 2.69. The van der Waals surface area contributed by atoms with Crippen LogP contribution in [-0.2, 0) is 6.54 Å². The van der Waals surface area contributed by atoms with Crippen LogP contribution in [0.25, 0.3) is 0 Å². The Morgan fingerprint density at radius 2 is 1.83 bits per heavy atom. The number of likely N-dealkylation sites (tertiary alicyclic amines) is 1. The fourth-order valence-corrected chi connectivity index (χ4v) is 3.12. The minimum absolute atomic E-state index is 0.560. The van der Waals surface area contributed by atoms with Gasteiger partial charge in [-0.25, -0.2) is 0 Å². The Morgan fingerprint density at radius 1 is 1.22 bits per heavy atom. The number of thiocarbonyl (C=S) groups is 1. The highest BCUT2D eigenvalue weighted by atomic mass is 32.1. The molecule has 1 aliphatic rings. The van der Waals surface area contributed by atoms with Crippen molar-refractivity contribution >= 4 is 17.3 Å². The third-order valence-corrected chi connectivity index (χ3v) is 4.07. The van der Waals surface area contributed by atoms with Crippen molar-refractivity contribution in [3.63, 3.8) is 0 Å². The molecule has 2 rings (SSSR count). The summed E-state index contributed by atoms with van der Waals surface area (Å²) in [5.41, 5.74) is 1.28. The van der Waals surface area contributed by atoms with Crippen molar-refractivity contribution in [1.82, 2.24) is 10.2 Å². The Balaban J connectivity index is 1.91. The predicted molar refractivity (Wildman–Crippen MR) is 80.5 cm³/mol. The monoisotopic (exact) mass is 262 g/mol. The van der Waals surface area contributed by atoms with E-state index in [2.05, 4.69) is 48.3 Å². The summed E-state index contributed by atoms with van der Waals surface area (Å²) in [4.78, 5) is 2.36. The molecule has 1 saturated heterocycles. The first kappa shape index (κ1) is 13.3. The van der Waals surface area contributed by atoms with Crippen LogP contribution in [0, 0.1) is 0 Å². The molecule has 1 heterocycles. The smallest absolute Gasteiger partial charge is 0.169 e. The van der Waals surface area contributed by atoms with Gasteiger partial charge in [-0.2, -0.15) is 0 Å². The normalized spacial score (nSPS) is 23.8. The number of piperidine rings is 1. The number of hydrogen-bond donors (Lipinski definition) is 1. The Bertz CT molecular complexity index is 381. The van der Waals surface area contributed by atoms with Crippen molar-refractivity contribution in [3.05, 3.63) is 35.9 Å². The van der Waals surface area contributed by atoms with Crippen molar-refractivity contribution in [2.75, 3.05) is 0 Å². The molecule has 3 heteroatoms. The molecule has 1 aromatic rings. The lowest BCUT2D eigenvalue weighted by Crippen LogP contribution is -2.51. The summed E-state index contributed by atoms with van der Waals surface area (Å²) in [6, 6.07) is 11.5. The zero-order chi connectivity index (χ0) is 13.0.